The van der Waals surface area contributed by atoms with Crippen LogP contribution < -0.4 is 0 Å². The molecule has 1 aliphatic rings. The number of nitriles is 1. The standard InChI is InChI=1S/C29H30N4O5/c1-19-3-6-22(7-4-19)33-20(2)24(17-32-33)25(34)15-21-5-8-26(31-16-21)29(18-30)13-11-23(12-14-29)38-28(37)10-9-27(35)36/h3-8,16-17,23H,9-15H2,1-2H3,(H,35,36). The lowest BCUT2D eigenvalue weighted by Crippen LogP contribution is -2.35. The minimum absolute atomic E-state index is 0.0596. The quantitative estimate of drug-likeness (QED) is 0.327. The number of Topliss-reactive ketones (excluding diaryl/α,β-unsaturated/α-hetero) is 1. The maximum absolute atomic E-state index is 13.0. The number of aromatic nitrogens is 3. The second-order valence-corrected chi connectivity index (χ2v) is 9.82. The number of pyridine rings is 1. The molecule has 9 heteroatoms. The third-order valence-electron chi connectivity index (χ3n) is 7.11. The van der Waals surface area contributed by atoms with Gasteiger partial charge in [0.1, 0.15) is 6.10 Å². The summed E-state index contributed by atoms with van der Waals surface area (Å²) in [7, 11) is 0. The molecule has 0 spiro atoms. The molecule has 0 saturated heterocycles. The smallest absolute Gasteiger partial charge is 0.306 e. The summed E-state index contributed by atoms with van der Waals surface area (Å²) in [4.78, 5) is 40.1. The molecule has 9 nitrogen and oxygen atoms in total. The Bertz CT molecular complexity index is 1360. The van der Waals surface area contributed by atoms with Gasteiger partial charge in [0.25, 0.3) is 0 Å². The Kier molecular flexibility index (Phi) is 8.01. The van der Waals surface area contributed by atoms with Crippen LogP contribution in [0.25, 0.3) is 5.69 Å². The van der Waals surface area contributed by atoms with Crippen LogP contribution in [0.5, 0.6) is 0 Å². The fraction of sp³-hybridized carbons (Fsp3) is 0.379. The Balaban J connectivity index is 1.38. The first-order valence-electron chi connectivity index (χ1n) is 12.6. The van der Waals surface area contributed by atoms with Gasteiger partial charge in [0.15, 0.2) is 5.78 Å². The van der Waals surface area contributed by atoms with E-state index in [9.17, 15) is 19.6 Å². The SMILES string of the molecule is Cc1ccc(-n2ncc(C(=O)Cc3ccc(C4(C#N)CCC(OC(=O)CCC(=O)O)CC4)nc3)c2C)cc1. The number of ether oxygens (including phenoxy) is 1. The first-order chi connectivity index (χ1) is 18.2. The molecule has 1 aromatic carbocycles. The van der Waals surface area contributed by atoms with Gasteiger partial charge in [-0.2, -0.15) is 10.4 Å². The second kappa shape index (κ2) is 11.4. The van der Waals surface area contributed by atoms with Crippen molar-refractivity contribution in [3.8, 4) is 11.8 Å². The highest BCUT2D eigenvalue weighted by molar-refractivity contribution is 5.98. The van der Waals surface area contributed by atoms with E-state index < -0.39 is 17.4 Å². The van der Waals surface area contributed by atoms with Gasteiger partial charge in [0.05, 0.1) is 53.2 Å². The van der Waals surface area contributed by atoms with Crippen LogP contribution in [0.2, 0.25) is 0 Å². The van der Waals surface area contributed by atoms with E-state index in [1.165, 1.54) is 0 Å². The lowest BCUT2D eigenvalue weighted by atomic mass is 9.71. The molecule has 1 saturated carbocycles. The summed E-state index contributed by atoms with van der Waals surface area (Å²) < 4.78 is 7.14. The number of benzene rings is 1. The van der Waals surface area contributed by atoms with Crippen molar-refractivity contribution in [3.05, 3.63) is 76.9 Å². The molecule has 0 unspecified atom stereocenters. The number of aryl methyl sites for hydroxylation is 1. The van der Waals surface area contributed by atoms with Gasteiger partial charge < -0.3 is 9.84 Å². The highest BCUT2D eigenvalue weighted by Gasteiger charge is 2.39. The van der Waals surface area contributed by atoms with Crippen molar-refractivity contribution in [2.75, 3.05) is 0 Å². The van der Waals surface area contributed by atoms with Crippen LogP contribution in [0.15, 0.2) is 48.8 Å². The van der Waals surface area contributed by atoms with E-state index >= 15 is 0 Å². The van der Waals surface area contributed by atoms with Crippen molar-refractivity contribution in [3.63, 3.8) is 0 Å². The van der Waals surface area contributed by atoms with Crippen molar-refractivity contribution in [2.24, 2.45) is 0 Å². The molecule has 1 N–H and O–H groups in total. The van der Waals surface area contributed by atoms with Crippen molar-refractivity contribution in [1.82, 2.24) is 14.8 Å². The van der Waals surface area contributed by atoms with Gasteiger partial charge in [-0.05, 0) is 63.3 Å². The van der Waals surface area contributed by atoms with Gasteiger partial charge in [0, 0.05) is 12.6 Å². The van der Waals surface area contributed by atoms with E-state index in [-0.39, 0.29) is 31.1 Å². The predicted octanol–water partition coefficient (Wildman–Crippen LogP) is 4.42. The van der Waals surface area contributed by atoms with Crippen molar-refractivity contribution < 1.29 is 24.2 Å². The Morgan fingerprint density at radius 2 is 1.79 bits per heavy atom. The number of carboxylic acid groups (broad SMARTS) is 1. The molecule has 38 heavy (non-hydrogen) atoms. The summed E-state index contributed by atoms with van der Waals surface area (Å²) in [6.45, 7) is 3.89. The van der Waals surface area contributed by atoms with E-state index in [1.807, 2.05) is 44.2 Å². The number of aliphatic carboxylic acids is 1. The molecule has 0 bridgehead atoms. The summed E-state index contributed by atoms with van der Waals surface area (Å²) in [6.07, 6.45) is 4.59. The van der Waals surface area contributed by atoms with Gasteiger partial charge >= 0.3 is 11.9 Å². The Labute approximate surface area is 221 Å². The average molecular weight is 515 g/mol. The Morgan fingerprint density at radius 1 is 1.08 bits per heavy atom. The maximum Gasteiger partial charge on any atom is 0.306 e. The van der Waals surface area contributed by atoms with E-state index in [0.717, 1.165) is 22.5 Å². The normalized spacial score (nSPS) is 18.9. The number of ketones is 1. The van der Waals surface area contributed by atoms with Gasteiger partial charge in [-0.25, -0.2) is 4.68 Å². The minimum Gasteiger partial charge on any atom is -0.481 e. The maximum atomic E-state index is 13.0. The molecule has 2 heterocycles. The van der Waals surface area contributed by atoms with Gasteiger partial charge in [0.2, 0.25) is 0 Å². The third-order valence-corrected chi connectivity index (χ3v) is 7.11. The number of nitrogens with zero attached hydrogens (tertiary/aromatic N) is 4. The van der Waals surface area contributed by atoms with Crippen molar-refractivity contribution in [1.29, 1.82) is 5.26 Å². The summed E-state index contributed by atoms with van der Waals surface area (Å²) in [5, 5.41) is 23.1. The van der Waals surface area contributed by atoms with Crippen LogP contribution in [-0.2, 0) is 26.2 Å². The van der Waals surface area contributed by atoms with Gasteiger partial charge in [-0.15, -0.1) is 0 Å². The number of carbonyl (C=O) groups is 3. The van der Waals surface area contributed by atoms with Crippen LogP contribution in [0.4, 0.5) is 0 Å². The number of esters is 1. The first-order valence-corrected chi connectivity index (χ1v) is 12.6. The van der Waals surface area contributed by atoms with E-state index in [2.05, 4.69) is 16.2 Å². The second-order valence-electron chi connectivity index (χ2n) is 9.82. The molecule has 0 amide bonds. The van der Waals surface area contributed by atoms with Crippen molar-refractivity contribution in [2.45, 2.75) is 70.3 Å². The third kappa shape index (κ3) is 5.97. The first kappa shape index (κ1) is 26.7. The summed E-state index contributed by atoms with van der Waals surface area (Å²) >= 11 is 0. The van der Waals surface area contributed by atoms with Crippen LogP contribution in [0.3, 0.4) is 0 Å². The molecule has 4 rings (SSSR count). The van der Waals surface area contributed by atoms with Crippen LogP contribution in [-0.4, -0.2) is 43.7 Å². The van der Waals surface area contributed by atoms with Gasteiger partial charge in [-0.1, -0.05) is 23.8 Å². The zero-order valence-electron chi connectivity index (χ0n) is 21.5. The highest BCUT2D eigenvalue weighted by atomic mass is 16.5. The molecule has 1 fully saturated rings. The van der Waals surface area contributed by atoms with Crippen LogP contribution in [0, 0.1) is 25.2 Å². The summed E-state index contributed by atoms with van der Waals surface area (Å²) in [6, 6.07) is 14.0. The summed E-state index contributed by atoms with van der Waals surface area (Å²) in [5.74, 6) is -1.64. The molecule has 196 valence electrons. The Morgan fingerprint density at radius 3 is 2.39 bits per heavy atom. The molecule has 0 aliphatic heterocycles. The molecule has 3 aromatic rings. The van der Waals surface area contributed by atoms with Crippen LogP contribution >= 0.6 is 0 Å². The monoisotopic (exact) mass is 514 g/mol. The zero-order valence-corrected chi connectivity index (χ0v) is 21.5. The largest absolute Gasteiger partial charge is 0.481 e. The lowest BCUT2D eigenvalue weighted by Gasteiger charge is -2.34. The number of carbonyl (C=O) groups excluding carboxylic acids is 2. The van der Waals surface area contributed by atoms with E-state index in [1.54, 1.807) is 23.1 Å². The molecule has 2 aromatic heterocycles. The number of rotatable bonds is 9. The number of hydrogen-bond donors (Lipinski definition) is 1. The topological polar surface area (TPSA) is 135 Å². The Hall–Kier alpha value is -4.32. The van der Waals surface area contributed by atoms with E-state index in [0.29, 0.717) is 36.9 Å². The minimum atomic E-state index is -1.04. The number of hydrogen-bond acceptors (Lipinski definition) is 7. The van der Waals surface area contributed by atoms with Crippen molar-refractivity contribution >= 4 is 17.7 Å². The lowest BCUT2D eigenvalue weighted by molar-refractivity contribution is -0.153. The predicted molar refractivity (Wildman–Crippen MR) is 138 cm³/mol. The van der Waals surface area contributed by atoms with Crippen LogP contribution in [0.1, 0.15) is 71.4 Å². The fourth-order valence-electron chi connectivity index (χ4n) is 4.80. The molecule has 0 radical (unpaired) electrons. The van der Waals surface area contributed by atoms with E-state index in [4.69, 9.17) is 9.84 Å². The average Bonchev–Trinajstić information content (AvgIpc) is 3.30. The summed E-state index contributed by atoms with van der Waals surface area (Å²) in [5.41, 5.74) is 3.95. The van der Waals surface area contributed by atoms with Gasteiger partial charge in [-0.3, -0.25) is 19.4 Å². The fourth-order valence-corrected chi connectivity index (χ4v) is 4.80. The highest BCUT2D eigenvalue weighted by Crippen LogP contribution is 2.39. The molecule has 1 aliphatic carbocycles. The number of carboxylic acids is 1. The molecular formula is C29H30N4O5. The molecular weight excluding hydrogens is 484 g/mol. The molecule has 0 atom stereocenters. The zero-order chi connectivity index (χ0) is 27.3.